The van der Waals surface area contributed by atoms with Crippen LogP contribution in [0.5, 0.6) is 0 Å². The summed E-state index contributed by atoms with van der Waals surface area (Å²) in [5, 5.41) is 5.85. The lowest BCUT2D eigenvalue weighted by atomic mass is 9.91. The third-order valence-corrected chi connectivity index (χ3v) is 4.38. The second kappa shape index (κ2) is 8.13. The fraction of sp³-hybridized carbons (Fsp3) is 0.588. The highest BCUT2D eigenvalue weighted by Gasteiger charge is 2.29. The van der Waals surface area contributed by atoms with Crippen molar-refractivity contribution >= 4 is 6.03 Å². The zero-order chi connectivity index (χ0) is 15.9. The van der Waals surface area contributed by atoms with Crippen LogP contribution in [0.25, 0.3) is 0 Å². The number of hydrogen-bond donors (Lipinski definition) is 3. The molecule has 4 N–H and O–H groups in total. The Kier molecular flexibility index (Phi) is 6.19. The molecule has 0 aromatic heterocycles. The lowest BCUT2D eigenvalue weighted by molar-refractivity contribution is 0.227. The van der Waals surface area contributed by atoms with Crippen LogP contribution in [0.3, 0.4) is 0 Å². The number of nitrogens with one attached hydrogen (secondary N) is 2. The van der Waals surface area contributed by atoms with Crippen LogP contribution in [0.15, 0.2) is 24.3 Å². The predicted molar refractivity (Wildman–Crippen MR) is 85.9 cm³/mol. The zero-order valence-corrected chi connectivity index (χ0v) is 13.1. The molecule has 122 valence electrons. The van der Waals surface area contributed by atoms with Crippen LogP contribution in [-0.4, -0.2) is 18.6 Å². The number of hydrogen-bond acceptors (Lipinski definition) is 2. The van der Waals surface area contributed by atoms with Crippen molar-refractivity contribution < 1.29 is 9.18 Å². The van der Waals surface area contributed by atoms with E-state index >= 15 is 0 Å². The third kappa shape index (κ3) is 4.44. The van der Waals surface area contributed by atoms with Crippen LogP contribution in [0.2, 0.25) is 0 Å². The van der Waals surface area contributed by atoms with Gasteiger partial charge < -0.3 is 16.4 Å². The van der Waals surface area contributed by atoms with Gasteiger partial charge in [0.15, 0.2) is 0 Å². The Morgan fingerprint density at radius 1 is 1.32 bits per heavy atom. The standard InChI is InChI=1S/C17H26FN3O/c1-12(10-11-19)20-17(22)21-16(13-6-2-3-7-13)14-8-4-5-9-15(14)18/h4-5,8-9,12-13,16H,2-3,6-7,10-11,19H2,1H3,(H2,20,21,22). The van der Waals surface area contributed by atoms with Gasteiger partial charge >= 0.3 is 6.03 Å². The van der Waals surface area contributed by atoms with Gasteiger partial charge in [-0.25, -0.2) is 9.18 Å². The molecule has 0 bridgehead atoms. The molecule has 0 aliphatic heterocycles. The number of halogens is 1. The molecule has 1 aliphatic rings. The normalized spacial score (nSPS) is 18.0. The van der Waals surface area contributed by atoms with Crippen molar-refractivity contribution in [3.63, 3.8) is 0 Å². The van der Waals surface area contributed by atoms with E-state index in [9.17, 15) is 9.18 Å². The SMILES string of the molecule is CC(CCN)NC(=O)NC(c1ccccc1F)C1CCCC1. The molecular weight excluding hydrogens is 281 g/mol. The molecule has 1 aromatic rings. The Labute approximate surface area is 131 Å². The van der Waals surface area contributed by atoms with Crippen molar-refractivity contribution in [1.29, 1.82) is 0 Å². The van der Waals surface area contributed by atoms with Gasteiger partial charge in [0.1, 0.15) is 5.82 Å². The average Bonchev–Trinajstić information content (AvgIpc) is 3.00. The van der Waals surface area contributed by atoms with E-state index in [-0.39, 0.29) is 23.9 Å². The van der Waals surface area contributed by atoms with Gasteiger partial charge in [-0.1, -0.05) is 31.0 Å². The summed E-state index contributed by atoms with van der Waals surface area (Å²) in [4.78, 5) is 12.2. The molecule has 5 heteroatoms. The maximum Gasteiger partial charge on any atom is 0.315 e. The van der Waals surface area contributed by atoms with E-state index in [1.54, 1.807) is 12.1 Å². The first-order valence-electron chi connectivity index (χ1n) is 8.13. The van der Waals surface area contributed by atoms with E-state index in [0.29, 0.717) is 18.0 Å². The van der Waals surface area contributed by atoms with Gasteiger partial charge in [0.05, 0.1) is 6.04 Å². The number of rotatable bonds is 6. The second-order valence-electron chi connectivity index (χ2n) is 6.14. The molecule has 0 saturated heterocycles. The topological polar surface area (TPSA) is 67.1 Å². The van der Waals surface area contributed by atoms with Gasteiger partial charge in [0.25, 0.3) is 0 Å². The monoisotopic (exact) mass is 307 g/mol. The minimum Gasteiger partial charge on any atom is -0.336 e. The summed E-state index contributed by atoms with van der Waals surface area (Å²) in [6.45, 7) is 2.45. The molecule has 2 amide bonds. The minimum atomic E-state index is -0.270. The van der Waals surface area contributed by atoms with Crippen LogP contribution in [0.1, 0.15) is 50.6 Å². The Hall–Kier alpha value is -1.62. The highest BCUT2D eigenvalue weighted by molar-refractivity contribution is 5.74. The smallest absolute Gasteiger partial charge is 0.315 e. The summed E-state index contributed by atoms with van der Waals surface area (Å²) in [5.41, 5.74) is 6.08. The fourth-order valence-electron chi connectivity index (χ4n) is 3.20. The lowest BCUT2D eigenvalue weighted by Crippen LogP contribution is -2.44. The van der Waals surface area contributed by atoms with Crippen molar-refractivity contribution in [3.8, 4) is 0 Å². The molecule has 0 radical (unpaired) electrons. The van der Waals surface area contributed by atoms with Gasteiger partial charge in [-0.2, -0.15) is 0 Å². The average molecular weight is 307 g/mol. The highest BCUT2D eigenvalue weighted by Crippen LogP contribution is 2.36. The predicted octanol–water partition coefficient (Wildman–Crippen LogP) is 3.09. The molecule has 0 spiro atoms. The number of nitrogens with two attached hydrogens (primary N) is 1. The minimum absolute atomic E-state index is 0.00912. The summed E-state index contributed by atoms with van der Waals surface area (Å²) < 4.78 is 14.1. The number of carbonyl (C=O) groups is 1. The van der Waals surface area contributed by atoms with Gasteiger partial charge in [0, 0.05) is 11.6 Å². The van der Waals surface area contributed by atoms with E-state index in [0.717, 1.165) is 32.1 Å². The van der Waals surface area contributed by atoms with Gasteiger partial charge in [-0.15, -0.1) is 0 Å². The van der Waals surface area contributed by atoms with E-state index in [4.69, 9.17) is 5.73 Å². The number of amides is 2. The fourth-order valence-corrected chi connectivity index (χ4v) is 3.20. The Morgan fingerprint density at radius 2 is 2.00 bits per heavy atom. The number of benzene rings is 1. The van der Waals surface area contributed by atoms with Gasteiger partial charge in [0.2, 0.25) is 0 Å². The van der Waals surface area contributed by atoms with Crippen LogP contribution >= 0.6 is 0 Å². The van der Waals surface area contributed by atoms with E-state index in [2.05, 4.69) is 10.6 Å². The molecule has 1 fully saturated rings. The number of carbonyl (C=O) groups excluding carboxylic acids is 1. The highest BCUT2D eigenvalue weighted by atomic mass is 19.1. The summed E-state index contributed by atoms with van der Waals surface area (Å²) in [7, 11) is 0. The van der Waals surface area contributed by atoms with Crippen molar-refractivity contribution in [1.82, 2.24) is 10.6 Å². The molecule has 1 saturated carbocycles. The van der Waals surface area contributed by atoms with Crippen molar-refractivity contribution in [2.75, 3.05) is 6.54 Å². The molecule has 2 rings (SSSR count). The first-order valence-corrected chi connectivity index (χ1v) is 8.13. The third-order valence-electron chi connectivity index (χ3n) is 4.38. The molecule has 1 aliphatic carbocycles. The van der Waals surface area contributed by atoms with Gasteiger partial charge in [-0.05, 0) is 44.7 Å². The molecule has 2 unspecified atom stereocenters. The summed E-state index contributed by atoms with van der Waals surface area (Å²) in [5.74, 6) is 0.0437. The molecule has 1 aromatic carbocycles. The zero-order valence-electron chi connectivity index (χ0n) is 13.1. The van der Waals surface area contributed by atoms with E-state index in [1.807, 2.05) is 13.0 Å². The Morgan fingerprint density at radius 3 is 2.64 bits per heavy atom. The summed E-state index contributed by atoms with van der Waals surface area (Å²) in [6, 6.07) is 6.20. The molecule has 0 heterocycles. The number of urea groups is 1. The summed E-state index contributed by atoms with van der Waals surface area (Å²) >= 11 is 0. The quantitative estimate of drug-likeness (QED) is 0.756. The van der Waals surface area contributed by atoms with Gasteiger partial charge in [-0.3, -0.25) is 0 Å². The van der Waals surface area contributed by atoms with Crippen molar-refractivity contribution in [2.45, 2.75) is 51.1 Å². The van der Waals surface area contributed by atoms with Crippen LogP contribution in [-0.2, 0) is 0 Å². The maximum atomic E-state index is 14.1. The van der Waals surface area contributed by atoms with Crippen molar-refractivity contribution in [3.05, 3.63) is 35.6 Å². The van der Waals surface area contributed by atoms with Crippen LogP contribution in [0, 0.1) is 11.7 Å². The van der Waals surface area contributed by atoms with Crippen LogP contribution in [0.4, 0.5) is 9.18 Å². The Bertz CT molecular complexity index is 489. The van der Waals surface area contributed by atoms with Crippen LogP contribution < -0.4 is 16.4 Å². The maximum absolute atomic E-state index is 14.1. The van der Waals surface area contributed by atoms with Crippen molar-refractivity contribution in [2.24, 2.45) is 11.7 Å². The first-order chi connectivity index (χ1) is 10.6. The molecular formula is C17H26FN3O. The Balaban J connectivity index is 2.08. The first kappa shape index (κ1) is 16.7. The largest absolute Gasteiger partial charge is 0.336 e. The molecule has 2 atom stereocenters. The lowest BCUT2D eigenvalue weighted by Gasteiger charge is -2.26. The van der Waals surface area contributed by atoms with E-state index < -0.39 is 0 Å². The van der Waals surface area contributed by atoms with E-state index in [1.165, 1.54) is 6.07 Å². The molecule has 22 heavy (non-hydrogen) atoms. The second-order valence-corrected chi connectivity index (χ2v) is 6.14. The molecule has 4 nitrogen and oxygen atoms in total. The summed E-state index contributed by atoms with van der Waals surface area (Å²) in [6.07, 6.45) is 5.06.